The van der Waals surface area contributed by atoms with Crippen LogP contribution in [0, 0.1) is 0 Å². The summed E-state index contributed by atoms with van der Waals surface area (Å²) in [4.78, 5) is 12.3. The minimum Gasteiger partial charge on any atom is -0.457 e. The van der Waals surface area contributed by atoms with E-state index >= 15 is 0 Å². The Morgan fingerprint density at radius 2 is 1.48 bits per heavy atom. The van der Waals surface area contributed by atoms with Gasteiger partial charge in [-0.1, -0.05) is 62.7 Å². The molecule has 2 aromatic carbocycles. The number of carbonyl (C=O) groups is 1. The highest BCUT2D eigenvalue weighted by molar-refractivity contribution is 7.90. The van der Waals surface area contributed by atoms with Crippen LogP contribution in [-0.2, 0) is 19.4 Å². The molecule has 2 aromatic rings. The number of hydrogen-bond acceptors (Lipinski definition) is 4. The second-order valence-electron chi connectivity index (χ2n) is 5.80. The molecule has 0 spiro atoms. The van der Waals surface area contributed by atoms with Crippen molar-refractivity contribution in [2.45, 2.75) is 25.2 Å². The molecular weight excluding hydrogens is 336 g/mol. The van der Waals surface area contributed by atoms with Gasteiger partial charge in [0.25, 0.3) is 0 Å². The fourth-order valence-corrected chi connectivity index (χ4v) is 3.06. The standard InChI is InChI=1S/C17H14O4S.C3H8/c1-22(19,20)14-9-7-12(8-10-14)15-11-21-17(18)16(15)13-5-3-2-4-6-13;1-3-2/h2-10H,11H2,1H3;3H2,1-2H3. The van der Waals surface area contributed by atoms with Gasteiger partial charge in [-0.3, -0.25) is 0 Å². The van der Waals surface area contributed by atoms with Gasteiger partial charge in [0.2, 0.25) is 0 Å². The summed E-state index contributed by atoms with van der Waals surface area (Å²) >= 11 is 0. The van der Waals surface area contributed by atoms with Crippen LogP contribution < -0.4 is 0 Å². The fourth-order valence-electron chi connectivity index (χ4n) is 2.43. The van der Waals surface area contributed by atoms with Crippen molar-refractivity contribution >= 4 is 27.0 Å². The number of esters is 1. The largest absolute Gasteiger partial charge is 0.457 e. The molecule has 0 amide bonds. The zero-order chi connectivity index (χ0) is 18.4. The van der Waals surface area contributed by atoms with Gasteiger partial charge in [0.1, 0.15) is 6.61 Å². The van der Waals surface area contributed by atoms with Gasteiger partial charge in [0.15, 0.2) is 9.84 Å². The summed E-state index contributed by atoms with van der Waals surface area (Å²) in [5.74, 6) is -0.353. The van der Waals surface area contributed by atoms with E-state index in [-0.39, 0.29) is 17.5 Å². The lowest BCUT2D eigenvalue weighted by Crippen LogP contribution is -1.98. The van der Waals surface area contributed by atoms with Crippen molar-refractivity contribution in [1.29, 1.82) is 0 Å². The molecule has 25 heavy (non-hydrogen) atoms. The molecule has 0 N–H and O–H groups in total. The van der Waals surface area contributed by atoms with Crippen molar-refractivity contribution in [3.63, 3.8) is 0 Å². The first-order chi connectivity index (χ1) is 11.9. The quantitative estimate of drug-likeness (QED) is 0.779. The molecule has 1 aliphatic rings. The Morgan fingerprint density at radius 1 is 0.920 bits per heavy atom. The summed E-state index contributed by atoms with van der Waals surface area (Å²) in [6, 6.07) is 15.8. The minimum absolute atomic E-state index is 0.196. The van der Waals surface area contributed by atoms with E-state index in [9.17, 15) is 13.2 Å². The van der Waals surface area contributed by atoms with Gasteiger partial charge in [-0.25, -0.2) is 13.2 Å². The number of benzene rings is 2. The zero-order valence-corrected chi connectivity index (χ0v) is 15.5. The Bertz CT molecular complexity index is 864. The van der Waals surface area contributed by atoms with Gasteiger partial charge in [0.05, 0.1) is 10.5 Å². The molecule has 5 heteroatoms. The first-order valence-corrected chi connectivity index (χ1v) is 10.0. The molecule has 0 fully saturated rings. The molecule has 0 saturated heterocycles. The first-order valence-electron chi connectivity index (χ1n) is 8.14. The summed E-state index contributed by atoms with van der Waals surface area (Å²) in [6.45, 7) is 4.45. The summed E-state index contributed by atoms with van der Waals surface area (Å²) in [5.41, 5.74) is 2.90. The zero-order valence-electron chi connectivity index (χ0n) is 14.7. The number of carbonyl (C=O) groups excluding carboxylic acids is 1. The Hall–Kier alpha value is -2.40. The van der Waals surface area contributed by atoms with Crippen molar-refractivity contribution in [3.05, 3.63) is 65.7 Å². The highest BCUT2D eigenvalue weighted by Crippen LogP contribution is 2.33. The lowest BCUT2D eigenvalue weighted by Gasteiger charge is -2.05. The Morgan fingerprint density at radius 3 is 2.00 bits per heavy atom. The van der Waals surface area contributed by atoms with Gasteiger partial charge in [-0.15, -0.1) is 0 Å². The van der Waals surface area contributed by atoms with Gasteiger partial charge in [-0.2, -0.15) is 0 Å². The van der Waals surface area contributed by atoms with Crippen LogP contribution >= 0.6 is 0 Å². The van der Waals surface area contributed by atoms with Crippen LogP contribution in [0.2, 0.25) is 0 Å². The SMILES string of the molecule is CCC.CS(=O)(=O)c1ccc(C2=C(c3ccccc3)C(=O)OC2)cc1. The van der Waals surface area contributed by atoms with Crippen molar-refractivity contribution < 1.29 is 17.9 Å². The van der Waals surface area contributed by atoms with Crippen molar-refractivity contribution in [2.24, 2.45) is 0 Å². The van der Waals surface area contributed by atoms with Crippen LogP contribution in [0.3, 0.4) is 0 Å². The van der Waals surface area contributed by atoms with E-state index in [0.29, 0.717) is 5.57 Å². The van der Waals surface area contributed by atoms with Gasteiger partial charge >= 0.3 is 5.97 Å². The van der Waals surface area contributed by atoms with Gasteiger partial charge in [0, 0.05) is 11.8 Å². The van der Waals surface area contributed by atoms with Crippen LogP contribution in [0.1, 0.15) is 31.4 Å². The molecular formula is C20H22O4S. The third kappa shape index (κ3) is 4.57. The van der Waals surface area contributed by atoms with Gasteiger partial charge < -0.3 is 4.74 Å². The highest BCUT2D eigenvalue weighted by atomic mass is 32.2. The number of cyclic esters (lactones) is 1. The molecule has 0 saturated carbocycles. The smallest absolute Gasteiger partial charge is 0.339 e. The topological polar surface area (TPSA) is 60.4 Å². The maximum atomic E-state index is 12.0. The predicted octanol–water partition coefficient (Wildman–Crippen LogP) is 3.97. The Balaban J connectivity index is 0.000000701. The molecule has 132 valence electrons. The van der Waals surface area contributed by atoms with Crippen molar-refractivity contribution in [3.8, 4) is 0 Å². The van der Waals surface area contributed by atoms with Crippen LogP contribution in [0.15, 0.2) is 59.5 Å². The molecule has 1 aliphatic heterocycles. The summed E-state index contributed by atoms with van der Waals surface area (Å²) in [5, 5.41) is 0. The van der Waals surface area contributed by atoms with Gasteiger partial charge in [-0.05, 0) is 23.3 Å². The third-order valence-electron chi connectivity index (χ3n) is 3.55. The number of hydrogen-bond donors (Lipinski definition) is 0. The predicted molar refractivity (Wildman–Crippen MR) is 99.7 cm³/mol. The molecule has 0 unspecified atom stereocenters. The fraction of sp³-hybridized carbons (Fsp3) is 0.250. The average Bonchev–Trinajstić information content (AvgIpc) is 2.97. The maximum absolute atomic E-state index is 12.0. The molecule has 3 rings (SSSR count). The summed E-state index contributed by atoms with van der Waals surface area (Å²) in [7, 11) is -3.23. The molecule has 4 nitrogen and oxygen atoms in total. The summed E-state index contributed by atoms with van der Waals surface area (Å²) in [6.07, 6.45) is 2.42. The molecule has 0 atom stereocenters. The van der Waals surface area contributed by atoms with E-state index in [2.05, 4.69) is 13.8 Å². The lowest BCUT2D eigenvalue weighted by molar-refractivity contribution is -0.133. The van der Waals surface area contributed by atoms with E-state index in [1.54, 1.807) is 24.3 Å². The molecule has 0 bridgehead atoms. The molecule has 0 aliphatic carbocycles. The number of sulfone groups is 1. The van der Waals surface area contributed by atoms with E-state index < -0.39 is 9.84 Å². The molecule has 0 aromatic heterocycles. The first kappa shape index (κ1) is 18.9. The van der Waals surface area contributed by atoms with E-state index in [0.717, 1.165) is 16.7 Å². The second-order valence-corrected chi connectivity index (χ2v) is 7.82. The van der Waals surface area contributed by atoms with Crippen molar-refractivity contribution in [1.82, 2.24) is 0 Å². The van der Waals surface area contributed by atoms with Crippen molar-refractivity contribution in [2.75, 3.05) is 12.9 Å². The van der Waals surface area contributed by atoms with Crippen LogP contribution in [-0.4, -0.2) is 27.2 Å². The Labute approximate surface area is 149 Å². The maximum Gasteiger partial charge on any atom is 0.339 e. The van der Waals surface area contributed by atoms with Crippen LogP contribution in [0.4, 0.5) is 0 Å². The monoisotopic (exact) mass is 358 g/mol. The average molecular weight is 358 g/mol. The van der Waals surface area contributed by atoms with E-state index in [4.69, 9.17) is 4.74 Å². The lowest BCUT2D eigenvalue weighted by atomic mass is 9.97. The minimum atomic E-state index is -3.23. The highest BCUT2D eigenvalue weighted by Gasteiger charge is 2.27. The van der Waals surface area contributed by atoms with E-state index in [1.807, 2.05) is 30.3 Å². The molecule has 0 radical (unpaired) electrons. The summed E-state index contributed by atoms with van der Waals surface area (Å²) < 4.78 is 28.2. The third-order valence-corrected chi connectivity index (χ3v) is 4.68. The van der Waals surface area contributed by atoms with Crippen LogP contribution in [0.25, 0.3) is 11.1 Å². The number of ether oxygens (including phenoxy) is 1. The Kier molecular flexibility index (Phi) is 6.15. The molecule has 1 heterocycles. The second kappa shape index (κ2) is 8.12. The van der Waals surface area contributed by atoms with E-state index in [1.165, 1.54) is 12.7 Å². The normalized spacial score (nSPS) is 14.0. The van der Waals surface area contributed by atoms with Crippen LogP contribution in [0.5, 0.6) is 0 Å². The number of rotatable bonds is 3.